The molecule has 1 aliphatic heterocycles. The molecule has 4 heteroatoms. The van der Waals surface area contributed by atoms with E-state index in [1.807, 2.05) is 13.8 Å². The molecular weight excluding hydrogens is 184 g/mol. The standard InChI is InChI=1S/C10H20O4/c1-3-12-7-9-8(13-4-2)5-6-10(11)14-9/h8-11H,3-7H2,1-2H3. The van der Waals surface area contributed by atoms with Gasteiger partial charge in [-0.2, -0.15) is 0 Å². The van der Waals surface area contributed by atoms with Crippen molar-refractivity contribution in [2.45, 2.75) is 45.2 Å². The van der Waals surface area contributed by atoms with Gasteiger partial charge in [-0.25, -0.2) is 0 Å². The van der Waals surface area contributed by atoms with Crippen molar-refractivity contribution in [1.82, 2.24) is 0 Å². The molecule has 1 fully saturated rings. The quantitative estimate of drug-likeness (QED) is 0.723. The lowest BCUT2D eigenvalue weighted by atomic mass is 10.1. The van der Waals surface area contributed by atoms with Crippen LogP contribution in [-0.4, -0.2) is 43.4 Å². The average molecular weight is 204 g/mol. The highest BCUT2D eigenvalue weighted by molar-refractivity contribution is 4.76. The van der Waals surface area contributed by atoms with Crippen LogP contribution in [0.5, 0.6) is 0 Å². The van der Waals surface area contributed by atoms with Gasteiger partial charge >= 0.3 is 0 Å². The molecule has 1 heterocycles. The molecule has 0 radical (unpaired) electrons. The highest BCUT2D eigenvalue weighted by Crippen LogP contribution is 2.21. The Kier molecular flexibility index (Phi) is 5.40. The van der Waals surface area contributed by atoms with Crippen LogP contribution in [0.1, 0.15) is 26.7 Å². The molecule has 0 bridgehead atoms. The second-order valence-corrected chi connectivity index (χ2v) is 3.36. The van der Waals surface area contributed by atoms with Gasteiger partial charge in [0.1, 0.15) is 6.10 Å². The van der Waals surface area contributed by atoms with Gasteiger partial charge in [0.05, 0.1) is 12.7 Å². The fourth-order valence-electron chi connectivity index (χ4n) is 1.64. The van der Waals surface area contributed by atoms with Crippen molar-refractivity contribution in [3.63, 3.8) is 0 Å². The topological polar surface area (TPSA) is 47.9 Å². The molecule has 3 atom stereocenters. The third-order valence-electron chi connectivity index (χ3n) is 2.31. The Hall–Kier alpha value is -0.160. The Balaban J connectivity index is 2.37. The summed E-state index contributed by atoms with van der Waals surface area (Å²) < 4.78 is 16.2. The molecule has 3 unspecified atom stereocenters. The van der Waals surface area contributed by atoms with E-state index in [-0.39, 0.29) is 12.2 Å². The molecule has 1 rings (SSSR count). The summed E-state index contributed by atoms with van der Waals surface area (Å²) in [6.07, 6.45) is 0.769. The van der Waals surface area contributed by atoms with E-state index in [1.165, 1.54) is 0 Å². The summed E-state index contributed by atoms with van der Waals surface area (Å²) in [5, 5.41) is 9.33. The summed E-state index contributed by atoms with van der Waals surface area (Å²) in [6, 6.07) is 0. The predicted octanol–water partition coefficient (Wildman–Crippen LogP) is 0.925. The van der Waals surface area contributed by atoms with Gasteiger partial charge in [-0.05, 0) is 20.3 Å². The van der Waals surface area contributed by atoms with Gasteiger partial charge in [0.25, 0.3) is 0 Å². The van der Waals surface area contributed by atoms with Crippen molar-refractivity contribution >= 4 is 0 Å². The van der Waals surface area contributed by atoms with Crippen LogP contribution in [0.4, 0.5) is 0 Å². The maximum Gasteiger partial charge on any atom is 0.155 e. The maximum atomic E-state index is 9.33. The zero-order valence-electron chi connectivity index (χ0n) is 8.94. The molecule has 1 aliphatic rings. The Morgan fingerprint density at radius 1 is 1.29 bits per heavy atom. The lowest BCUT2D eigenvalue weighted by Gasteiger charge is -2.33. The van der Waals surface area contributed by atoms with Gasteiger partial charge in [-0.1, -0.05) is 0 Å². The van der Waals surface area contributed by atoms with Crippen LogP contribution in [-0.2, 0) is 14.2 Å². The van der Waals surface area contributed by atoms with Crippen LogP contribution in [0, 0.1) is 0 Å². The van der Waals surface area contributed by atoms with Crippen LogP contribution in [0.3, 0.4) is 0 Å². The van der Waals surface area contributed by atoms with E-state index in [0.29, 0.717) is 26.2 Å². The van der Waals surface area contributed by atoms with Crippen LogP contribution >= 0.6 is 0 Å². The van der Waals surface area contributed by atoms with Gasteiger partial charge in [-0.15, -0.1) is 0 Å². The highest BCUT2D eigenvalue weighted by Gasteiger charge is 2.30. The van der Waals surface area contributed by atoms with E-state index < -0.39 is 6.29 Å². The normalized spacial score (nSPS) is 33.2. The number of aliphatic hydroxyl groups excluding tert-OH is 1. The van der Waals surface area contributed by atoms with Crippen molar-refractivity contribution in [2.75, 3.05) is 19.8 Å². The number of ether oxygens (including phenoxy) is 3. The molecule has 4 nitrogen and oxygen atoms in total. The average Bonchev–Trinajstić information content (AvgIpc) is 2.18. The Morgan fingerprint density at radius 2 is 2.07 bits per heavy atom. The first-order chi connectivity index (χ1) is 6.77. The fraction of sp³-hybridized carbons (Fsp3) is 1.00. The van der Waals surface area contributed by atoms with Gasteiger partial charge in [-0.3, -0.25) is 0 Å². The van der Waals surface area contributed by atoms with Gasteiger partial charge in [0.15, 0.2) is 6.29 Å². The monoisotopic (exact) mass is 204 g/mol. The molecule has 14 heavy (non-hydrogen) atoms. The molecule has 0 spiro atoms. The molecule has 0 aromatic carbocycles. The minimum atomic E-state index is -0.655. The third kappa shape index (κ3) is 3.53. The Labute approximate surface area is 85.2 Å². The predicted molar refractivity (Wildman–Crippen MR) is 52.0 cm³/mol. The van der Waals surface area contributed by atoms with Crippen molar-refractivity contribution < 1.29 is 19.3 Å². The van der Waals surface area contributed by atoms with Gasteiger partial charge in [0, 0.05) is 19.6 Å². The van der Waals surface area contributed by atoms with Crippen LogP contribution in [0.15, 0.2) is 0 Å². The van der Waals surface area contributed by atoms with Gasteiger partial charge in [0.2, 0.25) is 0 Å². The summed E-state index contributed by atoms with van der Waals surface area (Å²) in [6.45, 7) is 5.73. The summed E-state index contributed by atoms with van der Waals surface area (Å²) in [5.74, 6) is 0. The SMILES string of the molecule is CCOCC1OC(O)CCC1OCC. The lowest BCUT2D eigenvalue weighted by Crippen LogP contribution is -2.43. The van der Waals surface area contributed by atoms with E-state index in [1.54, 1.807) is 0 Å². The molecule has 1 saturated heterocycles. The van der Waals surface area contributed by atoms with E-state index in [9.17, 15) is 5.11 Å². The number of hydrogen-bond acceptors (Lipinski definition) is 4. The Morgan fingerprint density at radius 3 is 2.71 bits per heavy atom. The summed E-state index contributed by atoms with van der Waals surface area (Å²) >= 11 is 0. The first-order valence-electron chi connectivity index (χ1n) is 5.30. The van der Waals surface area contributed by atoms with Crippen LogP contribution in [0.2, 0.25) is 0 Å². The maximum absolute atomic E-state index is 9.33. The largest absolute Gasteiger partial charge is 0.379 e. The number of hydrogen-bond donors (Lipinski definition) is 1. The summed E-state index contributed by atoms with van der Waals surface area (Å²) in [5.41, 5.74) is 0. The zero-order valence-corrected chi connectivity index (χ0v) is 8.94. The second kappa shape index (κ2) is 6.35. The first-order valence-corrected chi connectivity index (χ1v) is 5.30. The first kappa shape index (κ1) is 11.9. The fourth-order valence-corrected chi connectivity index (χ4v) is 1.64. The van der Waals surface area contributed by atoms with Crippen molar-refractivity contribution in [3.8, 4) is 0 Å². The van der Waals surface area contributed by atoms with Crippen molar-refractivity contribution in [2.24, 2.45) is 0 Å². The highest BCUT2D eigenvalue weighted by atomic mass is 16.6. The van der Waals surface area contributed by atoms with Crippen molar-refractivity contribution in [1.29, 1.82) is 0 Å². The summed E-state index contributed by atoms with van der Waals surface area (Å²) in [7, 11) is 0. The second-order valence-electron chi connectivity index (χ2n) is 3.36. The molecule has 0 aromatic heterocycles. The zero-order chi connectivity index (χ0) is 10.4. The minimum Gasteiger partial charge on any atom is -0.379 e. The van der Waals surface area contributed by atoms with Crippen LogP contribution < -0.4 is 0 Å². The van der Waals surface area contributed by atoms with E-state index >= 15 is 0 Å². The minimum absolute atomic E-state index is 0.0648. The molecule has 0 aliphatic carbocycles. The molecule has 0 saturated carbocycles. The van der Waals surface area contributed by atoms with Crippen LogP contribution in [0.25, 0.3) is 0 Å². The van der Waals surface area contributed by atoms with E-state index in [4.69, 9.17) is 14.2 Å². The number of aliphatic hydroxyl groups is 1. The molecule has 1 N–H and O–H groups in total. The molecule has 0 amide bonds. The molecule has 84 valence electrons. The lowest BCUT2D eigenvalue weighted by molar-refractivity contribution is -0.220. The smallest absolute Gasteiger partial charge is 0.155 e. The molecule has 0 aromatic rings. The number of rotatable bonds is 5. The van der Waals surface area contributed by atoms with Crippen molar-refractivity contribution in [3.05, 3.63) is 0 Å². The van der Waals surface area contributed by atoms with E-state index in [2.05, 4.69) is 0 Å². The third-order valence-corrected chi connectivity index (χ3v) is 2.31. The summed E-state index contributed by atoms with van der Waals surface area (Å²) in [4.78, 5) is 0. The van der Waals surface area contributed by atoms with E-state index in [0.717, 1.165) is 6.42 Å². The molecular formula is C10H20O4. The van der Waals surface area contributed by atoms with Gasteiger partial charge < -0.3 is 19.3 Å². The Bertz CT molecular complexity index is 151.